The molecule has 1 heterocycles. The van der Waals surface area contributed by atoms with Crippen molar-refractivity contribution >= 4 is 28.8 Å². The van der Waals surface area contributed by atoms with E-state index in [-0.39, 0.29) is 17.1 Å². The third kappa shape index (κ3) is 2.41. The van der Waals surface area contributed by atoms with Crippen LogP contribution in [0.5, 0.6) is 5.75 Å². The molecule has 0 saturated carbocycles. The van der Waals surface area contributed by atoms with Crippen LogP contribution in [-0.4, -0.2) is 10.8 Å². The van der Waals surface area contributed by atoms with E-state index in [1.54, 1.807) is 0 Å². The third-order valence-corrected chi connectivity index (χ3v) is 3.36. The number of hydrogen-bond acceptors (Lipinski definition) is 5. The second kappa shape index (κ2) is 5.06. The number of nitrogens with zero attached hydrogens (tertiary/aromatic N) is 2. The highest BCUT2D eigenvalue weighted by Gasteiger charge is 2.26. The number of aryl methyl sites for hydroxylation is 1. The fourth-order valence-corrected chi connectivity index (χ4v) is 2.15. The Hall–Kier alpha value is -2.60. The molecule has 2 aromatic carbocycles. The quantitative estimate of drug-likeness (QED) is 0.680. The molecule has 0 amide bonds. The molecule has 0 atom stereocenters. The standard InChI is InChI=1S/C14H10ClN3O3/c1-8-2-4-9(5-3-8)14-16-12-10(15)6-7-11(18(19)20)13(12)21-17-14/h2-7H,1H3,(H,16,17). The van der Waals surface area contributed by atoms with Gasteiger partial charge in [0.2, 0.25) is 0 Å². The van der Waals surface area contributed by atoms with E-state index in [0.29, 0.717) is 10.9 Å². The van der Waals surface area contributed by atoms with Crippen LogP contribution in [-0.2, 0) is 0 Å². The predicted molar refractivity (Wildman–Crippen MR) is 79.2 cm³/mol. The lowest BCUT2D eigenvalue weighted by Gasteiger charge is -2.18. The highest BCUT2D eigenvalue weighted by Crippen LogP contribution is 2.43. The number of rotatable bonds is 2. The van der Waals surface area contributed by atoms with Crippen LogP contribution in [0.15, 0.2) is 41.4 Å². The summed E-state index contributed by atoms with van der Waals surface area (Å²) in [6.07, 6.45) is 0. The monoisotopic (exact) mass is 303 g/mol. The Morgan fingerprint density at radius 1 is 1.24 bits per heavy atom. The molecular weight excluding hydrogens is 294 g/mol. The molecule has 0 fully saturated rings. The summed E-state index contributed by atoms with van der Waals surface area (Å²) in [4.78, 5) is 20.1. The zero-order chi connectivity index (χ0) is 15.0. The molecule has 1 aliphatic heterocycles. The van der Waals surface area contributed by atoms with Gasteiger partial charge in [-0.25, -0.2) is 10.5 Å². The van der Waals surface area contributed by atoms with Crippen molar-refractivity contribution in [2.24, 2.45) is 4.99 Å². The number of halogens is 1. The van der Waals surface area contributed by atoms with E-state index < -0.39 is 4.92 Å². The number of aliphatic imine (C=N–C) groups is 1. The molecule has 21 heavy (non-hydrogen) atoms. The van der Waals surface area contributed by atoms with Crippen LogP contribution in [0.3, 0.4) is 0 Å². The van der Waals surface area contributed by atoms with Crippen molar-refractivity contribution in [3.8, 4) is 5.75 Å². The van der Waals surface area contributed by atoms with Crippen LogP contribution in [0, 0.1) is 17.0 Å². The Morgan fingerprint density at radius 2 is 1.95 bits per heavy atom. The number of amidine groups is 1. The number of benzene rings is 2. The Labute approximate surface area is 125 Å². The number of nitrogens with one attached hydrogen (secondary N) is 1. The van der Waals surface area contributed by atoms with Gasteiger partial charge in [-0.2, -0.15) is 0 Å². The van der Waals surface area contributed by atoms with Gasteiger partial charge >= 0.3 is 5.69 Å². The maximum Gasteiger partial charge on any atom is 0.316 e. The van der Waals surface area contributed by atoms with Gasteiger partial charge in [-0.3, -0.25) is 10.1 Å². The van der Waals surface area contributed by atoms with Crippen molar-refractivity contribution < 1.29 is 9.76 Å². The molecule has 7 heteroatoms. The van der Waals surface area contributed by atoms with Crippen LogP contribution < -0.4 is 10.3 Å². The second-order valence-electron chi connectivity index (χ2n) is 4.53. The van der Waals surface area contributed by atoms with Gasteiger partial charge in [-0.1, -0.05) is 41.4 Å². The minimum atomic E-state index is -0.538. The van der Waals surface area contributed by atoms with Gasteiger partial charge in [0.05, 0.1) is 9.95 Å². The van der Waals surface area contributed by atoms with E-state index in [4.69, 9.17) is 16.4 Å². The summed E-state index contributed by atoms with van der Waals surface area (Å²) >= 11 is 6.06. The molecule has 0 saturated heterocycles. The first kappa shape index (κ1) is 13.4. The number of nitro benzene ring substituents is 1. The average molecular weight is 304 g/mol. The van der Waals surface area contributed by atoms with Crippen LogP contribution in [0.25, 0.3) is 0 Å². The summed E-state index contributed by atoms with van der Waals surface area (Å²) in [7, 11) is 0. The minimum absolute atomic E-state index is 0.0170. The van der Waals surface area contributed by atoms with Gasteiger partial charge in [-0.05, 0) is 13.0 Å². The summed E-state index contributed by atoms with van der Waals surface area (Å²) in [6.45, 7) is 1.98. The Morgan fingerprint density at radius 3 is 2.62 bits per heavy atom. The Kier molecular flexibility index (Phi) is 3.23. The van der Waals surface area contributed by atoms with Crippen molar-refractivity contribution in [2.75, 3.05) is 0 Å². The maximum atomic E-state index is 11.0. The van der Waals surface area contributed by atoms with Crippen LogP contribution in [0.2, 0.25) is 5.02 Å². The highest BCUT2D eigenvalue weighted by molar-refractivity contribution is 6.33. The summed E-state index contributed by atoms with van der Waals surface area (Å²) < 4.78 is 0. The molecule has 0 unspecified atom stereocenters. The SMILES string of the molecule is Cc1ccc(C2=Nc3c(Cl)ccc([N+](=O)[O-])c3ON2)cc1. The van der Waals surface area contributed by atoms with Gasteiger partial charge in [0.1, 0.15) is 5.69 Å². The Bertz CT molecular complexity index is 757. The van der Waals surface area contributed by atoms with Crippen molar-refractivity contribution in [1.82, 2.24) is 5.48 Å². The van der Waals surface area contributed by atoms with Crippen LogP contribution in [0.1, 0.15) is 11.1 Å². The van der Waals surface area contributed by atoms with Crippen LogP contribution in [0.4, 0.5) is 11.4 Å². The predicted octanol–water partition coefficient (Wildman–Crippen LogP) is 3.53. The molecule has 1 aliphatic rings. The van der Waals surface area contributed by atoms with E-state index in [1.807, 2.05) is 31.2 Å². The fraction of sp³-hybridized carbons (Fsp3) is 0.0714. The zero-order valence-corrected chi connectivity index (χ0v) is 11.7. The molecule has 0 radical (unpaired) electrons. The maximum absolute atomic E-state index is 11.0. The van der Waals surface area contributed by atoms with Gasteiger partial charge in [-0.15, -0.1) is 0 Å². The van der Waals surface area contributed by atoms with Crippen molar-refractivity contribution in [3.05, 3.63) is 62.7 Å². The third-order valence-electron chi connectivity index (χ3n) is 3.06. The molecule has 6 nitrogen and oxygen atoms in total. The van der Waals surface area contributed by atoms with Crippen molar-refractivity contribution in [2.45, 2.75) is 6.92 Å². The normalized spacial score (nSPS) is 12.8. The molecule has 0 spiro atoms. The Balaban J connectivity index is 2.11. The number of nitro groups is 1. The summed E-state index contributed by atoms with van der Waals surface area (Å²) in [5.74, 6) is 0.466. The molecule has 0 aliphatic carbocycles. The van der Waals surface area contributed by atoms with Gasteiger partial charge in [0.15, 0.2) is 5.84 Å². The molecule has 0 aromatic heterocycles. The van der Waals surface area contributed by atoms with E-state index >= 15 is 0 Å². The van der Waals surface area contributed by atoms with Gasteiger partial charge in [0, 0.05) is 11.6 Å². The lowest BCUT2D eigenvalue weighted by molar-refractivity contribution is -0.386. The number of hydroxylamine groups is 1. The topological polar surface area (TPSA) is 76.8 Å². The lowest BCUT2D eigenvalue weighted by atomic mass is 10.1. The number of hydrogen-bond donors (Lipinski definition) is 1. The van der Waals surface area contributed by atoms with Crippen molar-refractivity contribution in [1.29, 1.82) is 0 Å². The van der Waals surface area contributed by atoms with E-state index in [0.717, 1.165) is 11.1 Å². The first-order valence-electron chi connectivity index (χ1n) is 6.12. The molecule has 1 N–H and O–H groups in total. The van der Waals surface area contributed by atoms with E-state index in [1.165, 1.54) is 12.1 Å². The van der Waals surface area contributed by atoms with Gasteiger partial charge < -0.3 is 4.84 Å². The zero-order valence-electron chi connectivity index (χ0n) is 11.0. The first-order chi connectivity index (χ1) is 10.1. The summed E-state index contributed by atoms with van der Waals surface area (Å²) in [5.41, 5.74) is 4.60. The average Bonchev–Trinajstić information content (AvgIpc) is 2.48. The summed E-state index contributed by atoms with van der Waals surface area (Å²) in [5, 5.41) is 11.3. The van der Waals surface area contributed by atoms with Crippen LogP contribution >= 0.6 is 11.6 Å². The van der Waals surface area contributed by atoms with Gasteiger partial charge in [0.25, 0.3) is 5.75 Å². The smallest absolute Gasteiger partial charge is 0.316 e. The van der Waals surface area contributed by atoms with E-state index in [2.05, 4.69) is 10.5 Å². The van der Waals surface area contributed by atoms with Crippen molar-refractivity contribution in [3.63, 3.8) is 0 Å². The molecule has 3 rings (SSSR count). The second-order valence-corrected chi connectivity index (χ2v) is 4.94. The fourth-order valence-electron chi connectivity index (χ4n) is 1.95. The molecule has 0 bridgehead atoms. The first-order valence-corrected chi connectivity index (χ1v) is 6.49. The number of fused-ring (bicyclic) bond motifs is 1. The van der Waals surface area contributed by atoms with E-state index in [9.17, 15) is 10.1 Å². The largest absolute Gasteiger partial charge is 0.371 e. The minimum Gasteiger partial charge on any atom is -0.371 e. The highest BCUT2D eigenvalue weighted by atomic mass is 35.5. The molecule has 106 valence electrons. The molecular formula is C14H10ClN3O3. The summed E-state index contributed by atoms with van der Waals surface area (Å²) in [6, 6.07) is 10.3. The molecule has 2 aromatic rings. The lowest BCUT2D eigenvalue weighted by Crippen LogP contribution is -2.30.